The van der Waals surface area contributed by atoms with E-state index in [1.165, 1.54) is 18.2 Å². The van der Waals surface area contributed by atoms with Gasteiger partial charge >= 0.3 is 6.01 Å². The third-order valence-corrected chi connectivity index (χ3v) is 10.4. The predicted molar refractivity (Wildman–Crippen MR) is 175 cm³/mol. The van der Waals surface area contributed by atoms with Crippen molar-refractivity contribution < 1.29 is 23.0 Å². The maximum absolute atomic E-state index is 16.8. The number of nitrogens with two attached hydrogens (primary N) is 1. The molecule has 1 amide bonds. The topological polar surface area (TPSA) is 121 Å². The summed E-state index contributed by atoms with van der Waals surface area (Å²) in [6.07, 6.45) is 2.83. The van der Waals surface area contributed by atoms with Crippen LogP contribution in [-0.4, -0.2) is 90.8 Å². The molecule has 0 bridgehead atoms. The summed E-state index contributed by atoms with van der Waals surface area (Å²) in [5, 5.41) is 10.7. The standard InChI is InChI=1S/C33H35F2N7O3S/c1-6-26(43)42-12-11-25(17(42)2)41(4)32-22-8-7-21(20-9-10-24(34)30-27(20)23(14-36)31(37)46-30)28(35)29(22)38-33(39-32)45-16-18-13-19(44-5)15-40(18)3/h6-10,17-19,25H,1,11-13,15-16,37H2,2-5H3/t17-,18-,19+,25+/m0/s1. The molecular formula is C33H35F2N7O3S. The Bertz CT molecular complexity index is 1890. The highest BCUT2D eigenvalue weighted by molar-refractivity contribution is 7.23. The van der Waals surface area contributed by atoms with Crippen LogP contribution in [0.1, 0.15) is 25.3 Å². The molecule has 0 saturated carbocycles. The molecule has 46 heavy (non-hydrogen) atoms. The number of carbonyl (C=O) groups is 1. The molecule has 10 nitrogen and oxygen atoms in total. The van der Waals surface area contributed by atoms with Crippen molar-refractivity contribution in [2.45, 2.75) is 44.0 Å². The minimum absolute atomic E-state index is 0.00563. The Kier molecular flexibility index (Phi) is 8.54. The molecule has 13 heteroatoms. The molecule has 2 aliphatic rings. The van der Waals surface area contributed by atoms with E-state index in [1.54, 1.807) is 24.1 Å². The van der Waals surface area contributed by atoms with Gasteiger partial charge in [0.1, 0.15) is 34.8 Å². The second-order valence-electron chi connectivity index (χ2n) is 11.8. The number of carbonyl (C=O) groups excluding carboxylic acids is 1. The van der Waals surface area contributed by atoms with Gasteiger partial charge in [0.15, 0.2) is 5.82 Å². The summed E-state index contributed by atoms with van der Waals surface area (Å²) in [7, 11) is 5.54. The van der Waals surface area contributed by atoms with Crippen LogP contribution in [-0.2, 0) is 9.53 Å². The number of thiophene rings is 1. The van der Waals surface area contributed by atoms with Crippen LogP contribution in [0.15, 0.2) is 36.9 Å². The summed E-state index contributed by atoms with van der Waals surface area (Å²) in [5.74, 6) is -0.905. The van der Waals surface area contributed by atoms with Crippen LogP contribution in [0.4, 0.5) is 19.6 Å². The number of fused-ring (bicyclic) bond motifs is 2. The molecule has 2 N–H and O–H groups in total. The van der Waals surface area contributed by atoms with Crippen molar-refractivity contribution in [3.05, 3.63) is 54.1 Å². The number of hydrogen-bond acceptors (Lipinski definition) is 10. The van der Waals surface area contributed by atoms with Gasteiger partial charge in [0.25, 0.3) is 0 Å². The first-order valence-corrected chi connectivity index (χ1v) is 15.8. The van der Waals surface area contributed by atoms with Crippen LogP contribution in [0.5, 0.6) is 6.01 Å². The molecule has 0 radical (unpaired) electrons. The maximum Gasteiger partial charge on any atom is 0.319 e. The summed E-state index contributed by atoms with van der Waals surface area (Å²) < 4.78 is 43.4. The van der Waals surface area contributed by atoms with Crippen molar-refractivity contribution in [3.63, 3.8) is 0 Å². The monoisotopic (exact) mass is 647 g/mol. The highest BCUT2D eigenvalue weighted by Gasteiger charge is 2.37. The number of anilines is 2. The molecule has 240 valence electrons. The lowest BCUT2D eigenvalue weighted by Crippen LogP contribution is -2.43. The lowest BCUT2D eigenvalue weighted by Gasteiger charge is -2.32. The number of nitrogen functional groups attached to an aromatic ring is 1. The lowest BCUT2D eigenvalue weighted by molar-refractivity contribution is -0.126. The van der Waals surface area contributed by atoms with E-state index < -0.39 is 11.6 Å². The molecule has 2 aromatic carbocycles. The van der Waals surface area contributed by atoms with E-state index >= 15 is 4.39 Å². The minimum atomic E-state index is -0.665. The largest absolute Gasteiger partial charge is 0.462 e. The average Bonchev–Trinajstić information content (AvgIpc) is 3.73. The Morgan fingerprint density at radius 3 is 2.74 bits per heavy atom. The number of likely N-dealkylation sites (tertiary alicyclic amines) is 2. The van der Waals surface area contributed by atoms with Crippen molar-refractivity contribution in [3.8, 4) is 23.2 Å². The third kappa shape index (κ3) is 5.30. The maximum atomic E-state index is 16.8. The summed E-state index contributed by atoms with van der Waals surface area (Å²) in [6, 6.07) is 7.83. The zero-order chi connectivity index (χ0) is 32.9. The van der Waals surface area contributed by atoms with Gasteiger partial charge in [0.05, 0.1) is 22.4 Å². The number of halogens is 2. The first-order valence-electron chi connectivity index (χ1n) is 15.0. The van der Waals surface area contributed by atoms with Gasteiger partial charge in [0, 0.05) is 55.7 Å². The number of ether oxygens (including phenoxy) is 2. The van der Waals surface area contributed by atoms with E-state index in [-0.39, 0.29) is 74.5 Å². The number of likely N-dealkylation sites (N-methyl/N-ethyl adjacent to an activating group) is 2. The Morgan fingerprint density at radius 2 is 2.04 bits per heavy atom. The summed E-state index contributed by atoms with van der Waals surface area (Å²) in [5.41, 5.74) is 6.64. The van der Waals surface area contributed by atoms with Crippen LogP contribution < -0.4 is 15.4 Å². The van der Waals surface area contributed by atoms with Gasteiger partial charge < -0.3 is 25.0 Å². The number of benzene rings is 2. The van der Waals surface area contributed by atoms with Gasteiger partial charge in [-0.15, -0.1) is 11.3 Å². The van der Waals surface area contributed by atoms with Crippen molar-refractivity contribution >= 4 is 49.1 Å². The minimum Gasteiger partial charge on any atom is -0.462 e. The molecule has 0 unspecified atom stereocenters. The molecule has 0 aliphatic carbocycles. The van der Waals surface area contributed by atoms with Crippen LogP contribution in [0, 0.1) is 23.0 Å². The molecule has 6 rings (SSSR count). The van der Waals surface area contributed by atoms with Crippen molar-refractivity contribution in [1.82, 2.24) is 19.8 Å². The zero-order valence-electron chi connectivity index (χ0n) is 26.1. The van der Waals surface area contributed by atoms with Gasteiger partial charge in [-0.05, 0) is 50.6 Å². The number of amides is 1. The first-order chi connectivity index (χ1) is 22.1. The number of methoxy groups -OCH3 is 1. The van der Waals surface area contributed by atoms with Crippen LogP contribution >= 0.6 is 11.3 Å². The number of nitriles is 1. The van der Waals surface area contributed by atoms with Crippen LogP contribution in [0.2, 0.25) is 0 Å². The number of aromatic nitrogens is 2. The average molecular weight is 648 g/mol. The first kappa shape index (κ1) is 31.6. The van der Waals surface area contributed by atoms with Gasteiger partial charge in [-0.3, -0.25) is 9.69 Å². The highest BCUT2D eigenvalue weighted by atomic mass is 32.1. The highest BCUT2D eigenvalue weighted by Crippen LogP contribution is 2.43. The SMILES string of the molecule is C=CC(=O)N1CC[C@@H](N(C)c2nc(OC[C@@H]3C[C@@H](OC)CN3C)nc3c(F)c(-c4ccc(F)c5sc(N)c(C#N)c45)ccc23)[C@@H]1C. The number of hydrogen-bond donors (Lipinski definition) is 1. The smallest absolute Gasteiger partial charge is 0.319 e. The molecule has 2 aliphatic heterocycles. The normalized spacial score (nSPS) is 21.6. The van der Waals surface area contributed by atoms with Gasteiger partial charge in [0.2, 0.25) is 5.91 Å². The van der Waals surface area contributed by atoms with E-state index in [9.17, 15) is 14.4 Å². The molecule has 4 heterocycles. The molecular weight excluding hydrogens is 612 g/mol. The predicted octanol–water partition coefficient (Wildman–Crippen LogP) is 4.95. The fourth-order valence-corrected chi connectivity index (χ4v) is 7.73. The van der Waals surface area contributed by atoms with E-state index in [1.807, 2.05) is 32.0 Å². The van der Waals surface area contributed by atoms with Gasteiger partial charge in [-0.2, -0.15) is 15.2 Å². The fraction of sp³-hybridized carbons (Fsp3) is 0.394. The summed E-state index contributed by atoms with van der Waals surface area (Å²) in [4.78, 5) is 27.7. The van der Waals surface area contributed by atoms with Crippen LogP contribution in [0.25, 0.3) is 32.1 Å². The molecule has 4 atom stereocenters. The van der Waals surface area contributed by atoms with E-state index in [2.05, 4.69) is 16.5 Å². The molecule has 2 fully saturated rings. The summed E-state index contributed by atoms with van der Waals surface area (Å²) >= 11 is 0.954. The van der Waals surface area contributed by atoms with Gasteiger partial charge in [-0.1, -0.05) is 18.7 Å². The van der Waals surface area contributed by atoms with Crippen molar-refractivity contribution in [2.24, 2.45) is 0 Å². The Morgan fingerprint density at radius 1 is 1.28 bits per heavy atom. The van der Waals surface area contributed by atoms with Gasteiger partial charge in [-0.25, -0.2) is 8.78 Å². The van der Waals surface area contributed by atoms with E-state index in [0.29, 0.717) is 29.7 Å². The van der Waals surface area contributed by atoms with Crippen LogP contribution in [0.3, 0.4) is 0 Å². The number of nitrogens with zero attached hydrogens (tertiary/aromatic N) is 6. The fourth-order valence-electron chi connectivity index (χ4n) is 6.78. The van der Waals surface area contributed by atoms with Crippen molar-refractivity contribution in [2.75, 3.05) is 51.5 Å². The number of rotatable bonds is 8. The molecule has 0 spiro atoms. The lowest BCUT2D eigenvalue weighted by atomic mass is 9.97. The second kappa shape index (κ2) is 12.4. The molecule has 2 aromatic heterocycles. The Labute approximate surface area is 269 Å². The van der Waals surface area contributed by atoms with Crippen molar-refractivity contribution in [1.29, 1.82) is 5.26 Å². The zero-order valence-corrected chi connectivity index (χ0v) is 26.9. The molecule has 2 saturated heterocycles. The third-order valence-electron chi connectivity index (χ3n) is 9.38. The Balaban J connectivity index is 1.47. The summed E-state index contributed by atoms with van der Waals surface area (Å²) in [6.45, 7) is 7.18. The quantitative estimate of drug-likeness (QED) is 0.265. The molecule has 4 aromatic rings. The van der Waals surface area contributed by atoms with E-state index in [0.717, 1.165) is 24.3 Å². The van der Waals surface area contributed by atoms with E-state index in [4.69, 9.17) is 20.2 Å². The second-order valence-corrected chi connectivity index (χ2v) is 12.9. The Hall–Kier alpha value is -4.38.